The number of nitrogens with zero attached hydrogens (tertiary/aromatic N) is 2. The van der Waals surface area contributed by atoms with E-state index in [1.165, 1.54) is 12.8 Å². The number of benzene rings is 1. The molecule has 1 aromatic rings. The van der Waals surface area contributed by atoms with Crippen LogP contribution in [0.5, 0.6) is 0 Å². The number of nitrogen functional groups attached to an aromatic ring is 1. The molecule has 0 spiro atoms. The summed E-state index contributed by atoms with van der Waals surface area (Å²) in [6.07, 6.45) is 2.44. The maximum absolute atomic E-state index is 11.8. The zero-order valence-electron chi connectivity index (χ0n) is 10.4. The lowest BCUT2D eigenvalue weighted by molar-refractivity contribution is 0.0827. The number of hydrogen-bond donors (Lipinski definition) is 1. The van der Waals surface area contributed by atoms with Gasteiger partial charge in [0.2, 0.25) is 0 Å². The molecule has 0 atom stereocenters. The van der Waals surface area contributed by atoms with Gasteiger partial charge in [0.15, 0.2) is 0 Å². The maximum atomic E-state index is 11.8. The third-order valence-electron chi connectivity index (χ3n) is 3.13. The monoisotopic (exact) mass is 233 g/mol. The molecule has 4 nitrogen and oxygen atoms in total. The van der Waals surface area contributed by atoms with E-state index >= 15 is 0 Å². The first-order valence-corrected chi connectivity index (χ1v) is 5.95. The van der Waals surface area contributed by atoms with E-state index < -0.39 is 0 Å². The summed E-state index contributed by atoms with van der Waals surface area (Å²) in [7, 11) is 3.49. The van der Waals surface area contributed by atoms with Crippen LogP contribution in [0.25, 0.3) is 0 Å². The molecular weight excluding hydrogens is 214 g/mol. The van der Waals surface area contributed by atoms with Crippen molar-refractivity contribution in [2.45, 2.75) is 12.8 Å². The molecule has 1 aliphatic rings. The molecule has 2 rings (SSSR count). The van der Waals surface area contributed by atoms with Gasteiger partial charge >= 0.3 is 0 Å². The quantitative estimate of drug-likeness (QED) is 0.789. The van der Waals surface area contributed by atoms with Crippen molar-refractivity contribution in [2.24, 2.45) is 0 Å². The number of nitrogens with two attached hydrogens (primary N) is 1. The van der Waals surface area contributed by atoms with Crippen molar-refractivity contribution in [3.05, 3.63) is 23.8 Å². The van der Waals surface area contributed by atoms with Crippen molar-refractivity contribution in [2.75, 3.05) is 37.8 Å². The highest BCUT2D eigenvalue weighted by molar-refractivity contribution is 5.95. The van der Waals surface area contributed by atoms with Gasteiger partial charge in [-0.2, -0.15) is 0 Å². The van der Waals surface area contributed by atoms with E-state index in [-0.39, 0.29) is 5.91 Å². The number of hydrogen-bond acceptors (Lipinski definition) is 3. The second-order valence-electron chi connectivity index (χ2n) is 4.67. The topological polar surface area (TPSA) is 49.6 Å². The van der Waals surface area contributed by atoms with Gasteiger partial charge in [0.05, 0.1) is 11.4 Å². The maximum Gasteiger partial charge on any atom is 0.253 e. The first-order chi connectivity index (χ1) is 8.09. The van der Waals surface area contributed by atoms with Crippen LogP contribution < -0.4 is 10.6 Å². The fourth-order valence-electron chi connectivity index (χ4n) is 2.19. The Morgan fingerprint density at radius 3 is 2.47 bits per heavy atom. The summed E-state index contributed by atoms with van der Waals surface area (Å²) in [6.45, 7) is 2.12. The van der Waals surface area contributed by atoms with Crippen LogP contribution >= 0.6 is 0 Å². The highest BCUT2D eigenvalue weighted by atomic mass is 16.2. The van der Waals surface area contributed by atoms with Gasteiger partial charge in [0.1, 0.15) is 0 Å². The van der Waals surface area contributed by atoms with Crippen LogP contribution in [0.3, 0.4) is 0 Å². The molecule has 1 aliphatic heterocycles. The van der Waals surface area contributed by atoms with E-state index in [4.69, 9.17) is 5.73 Å². The first kappa shape index (κ1) is 11.8. The Hall–Kier alpha value is -1.71. The van der Waals surface area contributed by atoms with Crippen LogP contribution in [0.4, 0.5) is 11.4 Å². The van der Waals surface area contributed by atoms with Gasteiger partial charge in [-0.15, -0.1) is 0 Å². The minimum atomic E-state index is -0.00956. The number of amides is 1. The summed E-state index contributed by atoms with van der Waals surface area (Å²) in [4.78, 5) is 15.6. The van der Waals surface area contributed by atoms with Crippen molar-refractivity contribution in [3.63, 3.8) is 0 Å². The van der Waals surface area contributed by atoms with Crippen LogP contribution in [0, 0.1) is 0 Å². The molecule has 0 unspecified atom stereocenters. The minimum absolute atomic E-state index is 0.00956. The second-order valence-corrected chi connectivity index (χ2v) is 4.67. The van der Waals surface area contributed by atoms with Gasteiger partial charge in [0, 0.05) is 32.7 Å². The van der Waals surface area contributed by atoms with E-state index in [0.717, 1.165) is 18.8 Å². The normalized spacial score (nSPS) is 15.1. The summed E-state index contributed by atoms with van der Waals surface area (Å²) in [5, 5.41) is 0. The molecule has 0 aliphatic carbocycles. The third kappa shape index (κ3) is 2.35. The molecule has 0 saturated carbocycles. The molecular formula is C13H19N3O. The summed E-state index contributed by atoms with van der Waals surface area (Å²) < 4.78 is 0. The van der Waals surface area contributed by atoms with Crippen molar-refractivity contribution in [1.29, 1.82) is 0 Å². The Labute approximate surface area is 102 Å². The Morgan fingerprint density at radius 1 is 1.29 bits per heavy atom. The van der Waals surface area contributed by atoms with Gasteiger partial charge in [-0.1, -0.05) is 0 Å². The number of carbonyl (C=O) groups excluding carboxylic acids is 1. The number of rotatable bonds is 2. The lowest BCUT2D eigenvalue weighted by Gasteiger charge is -2.20. The third-order valence-corrected chi connectivity index (χ3v) is 3.13. The molecule has 1 amide bonds. The van der Waals surface area contributed by atoms with Crippen LogP contribution in [0.15, 0.2) is 18.2 Å². The van der Waals surface area contributed by atoms with Crippen molar-refractivity contribution >= 4 is 17.3 Å². The highest BCUT2D eigenvalue weighted by Gasteiger charge is 2.16. The molecule has 0 aromatic heterocycles. The highest BCUT2D eigenvalue weighted by Crippen LogP contribution is 2.27. The molecule has 1 fully saturated rings. The van der Waals surface area contributed by atoms with Crippen molar-refractivity contribution in [1.82, 2.24) is 4.90 Å². The van der Waals surface area contributed by atoms with Crippen molar-refractivity contribution in [3.8, 4) is 0 Å². The summed E-state index contributed by atoms with van der Waals surface area (Å²) >= 11 is 0. The Morgan fingerprint density at radius 2 is 1.94 bits per heavy atom. The Kier molecular flexibility index (Phi) is 3.22. The summed E-state index contributed by atoms with van der Waals surface area (Å²) in [5.41, 5.74) is 8.42. The molecule has 4 heteroatoms. The average molecular weight is 233 g/mol. The van der Waals surface area contributed by atoms with E-state index in [2.05, 4.69) is 4.90 Å². The zero-order chi connectivity index (χ0) is 12.4. The van der Waals surface area contributed by atoms with Gasteiger partial charge < -0.3 is 15.5 Å². The van der Waals surface area contributed by atoms with Gasteiger partial charge in [-0.05, 0) is 31.0 Å². The van der Waals surface area contributed by atoms with Crippen LogP contribution in [-0.2, 0) is 0 Å². The predicted molar refractivity (Wildman–Crippen MR) is 70.3 cm³/mol. The molecule has 0 radical (unpaired) electrons. The molecule has 17 heavy (non-hydrogen) atoms. The van der Waals surface area contributed by atoms with E-state index in [0.29, 0.717) is 11.3 Å². The number of carbonyl (C=O) groups is 1. The predicted octanol–water partition coefficient (Wildman–Crippen LogP) is 1.57. The van der Waals surface area contributed by atoms with Gasteiger partial charge in [-0.3, -0.25) is 4.79 Å². The molecule has 2 N–H and O–H groups in total. The zero-order valence-corrected chi connectivity index (χ0v) is 10.4. The molecule has 1 heterocycles. The minimum Gasteiger partial charge on any atom is -0.397 e. The van der Waals surface area contributed by atoms with E-state index in [9.17, 15) is 4.79 Å². The molecule has 1 saturated heterocycles. The van der Waals surface area contributed by atoms with Crippen LogP contribution in [0.2, 0.25) is 0 Å². The smallest absolute Gasteiger partial charge is 0.253 e. The first-order valence-electron chi connectivity index (χ1n) is 5.95. The molecule has 1 aromatic carbocycles. The van der Waals surface area contributed by atoms with Crippen molar-refractivity contribution < 1.29 is 4.79 Å². The standard InChI is InChI=1S/C13H19N3O/c1-15(2)13(17)10-5-6-12(11(14)9-10)16-7-3-4-8-16/h5-6,9H,3-4,7-8,14H2,1-2H3. The number of anilines is 2. The van der Waals surface area contributed by atoms with Crippen LogP contribution in [0.1, 0.15) is 23.2 Å². The molecule has 92 valence electrons. The lowest BCUT2D eigenvalue weighted by Crippen LogP contribution is -2.23. The lowest BCUT2D eigenvalue weighted by atomic mass is 10.1. The summed E-state index contributed by atoms with van der Waals surface area (Å²) in [6, 6.07) is 5.58. The SMILES string of the molecule is CN(C)C(=O)c1ccc(N2CCCC2)c(N)c1. The Bertz CT molecular complexity index is 423. The fourth-order valence-corrected chi connectivity index (χ4v) is 2.19. The van der Waals surface area contributed by atoms with E-state index in [1.807, 2.05) is 12.1 Å². The second kappa shape index (κ2) is 4.65. The van der Waals surface area contributed by atoms with Gasteiger partial charge in [-0.25, -0.2) is 0 Å². The Balaban J connectivity index is 2.25. The van der Waals surface area contributed by atoms with Crippen LogP contribution in [-0.4, -0.2) is 38.0 Å². The van der Waals surface area contributed by atoms with Gasteiger partial charge in [0.25, 0.3) is 5.91 Å². The average Bonchev–Trinajstić information content (AvgIpc) is 2.81. The summed E-state index contributed by atoms with van der Waals surface area (Å²) in [5.74, 6) is -0.00956. The fraction of sp³-hybridized carbons (Fsp3) is 0.462. The largest absolute Gasteiger partial charge is 0.397 e. The van der Waals surface area contributed by atoms with E-state index in [1.54, 1.807) is 25.1 Å². The molecule has 0 bridgehead atoms.